The lowest BCUT2D eigenvalue weighted by atomic mass is 9.99. The van der Waals surface area contributed by atoms with Crippen LogP contribution in [0, 0.1) is 11.8 Å². The zero-order chi connectivity index (χ0) is 7.14. The summed E-state index contributed by atoms with van der Waals surface area (Å²) in [7, 11) is 0. The van der Waals surface area contributed by atoms with Crippen molar-refractivity contribution in [2.75, 3.05) is 6.54 Å². The van der Waals surface area contributed by atoms with Crippen LogP contribution in [0.1, 0.15) is 12.8 Å². The maximum Gasteiger partial charge on any atom is 0.308 e. The Morgan fingerprint density at radius 3 is 2.50 bits per heavy atom. The second kappa shape index (κ2) is 1.95. The largest absolute Gasteiger partial charge is 0.481 e. The van der Waals surface area contributed by atoms with Gasteiger partial charge in [-0.3, -0.25) is 4.79 Å². The third-order valence-corrected chi connectivity index (χ3v) is 2.72. The minimum atomic E-state index is -0.613. The Balaban J connectivity index is 2.16. The molecule has 1 aliphatic heterocycles. The minimum Gasteiger partial charge on any atom is -0.481 e. The topological polar surface area (TPSA) is 49.3 Å². The van der Waals surface area contributed by atoms with Crippen LogP contribution < -0.4 is 5.32 Å². The molecule has 1 heterocycles. The molecule has 2 aliphatic rings. The van der Waals surface area contributed by atoms with Crippen LogP contribution in [0.5, 0.6) is 0 Å². The summed E-state index contributed by atoms with van der Waals surface area (Å²) in [5.41, 5.74) is 0. The second-order valence-corrected chi connectivity index (χ2v) is 3.22. The van der Waals surface area contributed by atoms with Crippen LogP contribution in [0.15, 0.2) is 0 Å². The van der Waals surface area contributed by atoms with Crippen LogP contribution in [0.25, 0.3) is 0 Å². The lowest BCUT2D eigenvalue weighted by Crippen LogP contribution is -2.28. The van der Waals surface area contributed by atoms with Crippen molar-refractivity contribution in [1.82, 2.24) is 5.32 Å². The number of piperidine rings is 1. The van der Waals surface area contributed by atoms with Gasteiger partial charge in [-0.05, 0) is 25.3 Å². The highest BCUT2D eigenvalue weighted by Gasteiger charge is 2.45. The first-order valence-corrected chi connectivity index (χ1v) is 3.75. The van der Waals surface area contributed by atoms with Crippen molar-refractivity contribution in [2.45, 2.75) is 18.9 Å². The van der Waals surface area contributed by atoms with Gasteiger partial charge in [0.25, 0.3) is 0 Å². The van der Waals surface area contributed by atoms with Gasteiger partial charge in [-0.25, -0.2) is 0 Å². The zero-order valence-corrected chi connectivity index (χ0v) is 5.71. The van der Waals surface area contributed by atoms with Gasteiger partial charge < -0.3 is 10.4 Å². The first-order chi connectivity index (χ1) is 4.79. The third-order valence-electron chi connectivity index (χ3n) is 2.72. The van der Waals surface area contributed by atoms with Crippen LogP contribution in [-0.2, 0) is 4.79 Å². The molecule has 0 unspecified atom stereocenters. The summed E-state index contributed by atoms with van der Waals surface area (Å²) >= 11 is 0. The molecule has 0 aromatic carbocycles. The van der Waals surface area contributed by atoms with Crippen LogP contribution in [-0.4, -0.2) is 23.7 Å². The third kappa shape index (κ3) is 0.669. The fraction of sp³-hybridized carbons (Fsp3) is 0.857. The molecule has 0 amide bonds. The van der Waals surface area contributed by atoms with Gasteiger partial charge in [-0.15, -0.1) is 0 Å². The normalized spacial score (nSPS) is 44.2. The van der Waals surface area contributed by atoms with Crippen LogP contribution in [0.2, 0.25) is 0 Å². The summed E-state index contributed by atoms with van der Waals surface area (Å²) in [5, 5.41) is 12.0. The summed E-state index contributed by atoms with van der Waals surface area (Å²) in [4.78, 5) is 10.6. The Hall–Kier alpha value is -0.570. The lowest BCUT2D eigenvalue weighted by Gasteiger charge is -2.08. The van der Waals surface area contributed by atoms with E-state index in [1.54, 1.807) is 0 Å². The highest BCUT2D eigenvalue weighted by Crippen LogP contribution is 2.36. The van der Waals surface area contributed by atoms with Crippen molar-refractivity contribution in [1.29, 1.82) is 0 Å². The molecule has 2 rings (SSSR count). The van der Waals surface area contributed by atoms with E-state index in [9.17, 15) is 4.79 Å². The van der Waals surface area contributed by atoms with Crippen LogP contribution in [0.3, 0.4) is 0 Å². The van der Waals surface area contributed by atoms with E-state index >= 15 is 0 Å². The van der Waals surface area contributed by atoms with Crippen molar-refractivity contribution in [3.63, 3.8) is 0 Å². The number of carboxylic acids is 1. The minimum absolute atomic E-state index is 0.0833. The van der Waals surface area contributed by atoms with Gasteiger partial charge in [0.1, 0.15) is 0 Å². The number of carbonyl (C=O) groups is 1. The van der Waals surface area contributed by atoms with Crippen molar-refractivity contribution < 1.29 is 9.90 Å². The molecule has 2 bridgehead atoms. The fourth-order valence-corrected chi connectivity index (χ4v) is 2.22. The average molecular weight is 141 g/mol. The fourth-order valence-electron chi connectivity index (χ4n) is 2.22. The number of rotatable bonds is 1. The molecule has 3 heteroatoms. The van der Waals surface area contributed by atoms with E-state index in [0.717, 1.165) is 19.4 Å². The summed E-state index contributed by atoms with van der Waals surface area (Å²) in [5.74, 6) is -0.278. The molecule has 0 spiro atoms. The summed E-state index contributed by atoms with van der Waals surface area (Å²) in [6, 6.07) is 0.280. The Bertz CT molecular complexity index is 149. The number of fused-ring (bicyclic) bond motifs is 2. The number of aliphatic carboxylic acids is 1. The Kier molecular flexibility index (Phi) is 1.20. The Labute approximate surface area is 59.4 Å². The van der Waals surface area contributed by atoms with Gasteiger partial charge >= 0.3 is 5.97 Å². The first kappa shape index (κ1) is 6.16. The molecule has 56 valence electrons. The van der Waals surface area contributed by atoms with E-state index in [2.05, 4.69) is 5.32 Å². The number of hydrogen-bond acceptors (Lipinski definition) is 2. The van der Waals surface area contributed by atoms with Gasteiger partial charge in [0, 0.05) is 6.04 Å². The number of carboxylic acid groups (broad SMARTS) is 1. The maximum absolute atomic E-state index is 10.6. The predicted molar refractivity (Wildman–Crippen MR) is 35.6 cm³/mol. The van der Waals surface area contributed by atoms with Gasteiger partial charge in [0.05, 0.1) is 5.92 Å². The molecule has 1 saturated heterocycles. The summed E-state index contributed by atoms with van der Waals surface area (Å²) < 4.78 is 0. The average Bonchev–Trinajstić information content (AvgIpc) is 2.43. The molecule has 1 aliphatic carbocycles. The Morgan fingerprint density at radius 2 is 2.30 bits per heavy atom. The molecule has 2 fully saturated rings. The summed E-state index contributed by atoms with van der Waals surface area (Å²) in [6.07, 6.45) is 2.16. The maximum atomic E-state index is 10.6. The van der Waals surface area contributed by atoms with E-state index in [0.29, 0.717) is 5.92 Å². The highest BCUT2D eigenvalue weighted by molar-refractivity contribution is 5.72. The molecule has 0 aromatic rings. The van der Waals surface area contributed by atoms with Crippen LogP contribution in [0.4, 0.5) is 0 Å². The molecule has 1 saturated carbocycles. The molecule has 3 nitrogen and oxygen atoms in total. The molecule has 10 heavy (non-hydrogen) atoms. The number of hydrogen-bond donors (Lipinski definition) is 2. The van der Waals surface area contributed by atoms with E-state index in [1.807, 2.05) is 0 Å². The molecular weight excluding hydrogens is 130 g/mol. The van der Waals surface area contributed by atoms with Crippen molar-refractivity contribution in [3.8, 4) is 0 Å². The monoisotopic (exact) mass is 141 g/mol. The zero-order valence-electron chi connectivity index (χ0n) is 5.71. The van der Waals surface area contributed by atoms with Crippen molar-refractivity contribution in [2.24, 2.45) is 11.8 Å². The summed E-state index contributed by atoms with van der Waals surface area (Å²) in [6.45, 7) is 0.918. The Morgan fingerprint density at radius 1 is 1.50 bits per heavy atom. The van der Waals surface area contributed by atoms with Crippen LogP contribution >= 0.6 is 0 Å². The highest BCUT2D eigenvalue weighted by atomic mass is 16.4. The van der Waals surface area contributed by atoms with E-state index in [-0.39, 0.29) is 12.0 Å². The van der Waals surface area contributed by atoms with Crippen molar-refractivity contribution >= 4 is 5.97 Å². The van der Waals surface area contributed by atoms with Gasteiger partial charge in [0.15, 0.2) is 0 Å². The standard InChI is InChI=1S/C7H11NO2/c9-7(10)6-4-1-2-5(6)8-3-4/h4-6,8H,1-3H2,(H,9,10)/t4-,5-,6-/m1/s1. The first-order valence-electron chi connectivity index (χ1n) is 3.75. The second-order valence-electron chi connectivity index (χ2n) is 3.22. The van der Waals surface area contributed by atoms with Gasteiger partial charge in [0.2, 0.25) is 0 Å². The lowest BCUT2D eigenvalue weighted by molar-refractivity contribution is -0.142. The van der Waals surface area contributed by atoms with Gasteiger partial charge in [-0.1, -0.05) is 0 Å². The van der Waals surface area contributed by atoms with Crippen molar-refractivity contribution in [3.05, 3.63) is 0 Å². The number of nitrogens with one attached hydrogen (secondary N) is 1. The smallest absolute Gasteiger partial charge is 0.308 e. The molecule has 2 N–H and O–H groups in total. The van der Waals surface area contributed by atoms with E-state index < -0.39 is 5.97 Å². The SMILES string of the molecule is O=C(O)[C@@H]1[C@@H]2CC[C@H]1NC2. The molecular formula is C7H11NO2. The quantitative estimate of drug-likeness (QED) is 0.543. The van der Waals surface area contributed by atoms with Gasteiger partial charge in [-0.2, -0.15) is 0 Å². The van der Waals surface area contributed by atoms with E-state index in [1.165, 1.54) is 0 Å². The van der Waals surface area contributed by atoms with E-state index in [4.69, 9.17) is 5.11 Å². The molecule has 0 aromatic heterocycles. The predicted octanol–water partition coefficient (Wildman–Crippen LogP) is 0.0690. The molecule has 0 radical (unpaired) electrons. The molecule has 3 atom stereocenters.